The number of hydrazone groups is 2. The quantitative estimate of drug-likeness (QED) is 0.0473. The van der Waals surface area contributed by atoms with Gasteiger partial charge in [0.05, 0.1) is 21.2 Å². The largest absolute Gasteiger partial charge is 0.417 e. The molecule has 0 amide bonds. The Kier molecular flexibility index (Phi) is 15.0. The molecule has 0 saturated carbocycles. The summed E-state index contributed by atoms with van der Waals surface area (Å²) in [5.74, 6) is 0. The van der Waals surface area contributed by atoms with Crippen molar-refractivity contribution in [1.82, 2.24) is 14.6 Å². The summed E-state index contributed by atoms with van der Waals surface area (Å²) in [7, 11) is -10.0. The third-order valence-corrected chi connectivity index (χ3v) is 17.6. The van der Waals surface area contributed by atoms with Crippen LogP contribution in [-0.2, 0) is 24.5 Å². The van der Waals surface area contributed by atoms with Gasteiger partial charge in [0.25, 0.3) is 20.0 Å². The second kappa shape index (κ2) is 18.6. The van der Waals surface area contributed by atoms with Crippen LogP contribution >= 0.6 is 31.9 Å². The Hall–Kier alpha value is -3.18. The molecule has 10 nitrogen and oxygen atoms in total. The Bertz CT molecular complexity index is 2030. The van der Waals surface area contributed by atoms with Crippen molar-refractivity contribution in [1.29, 1.82) is 0 Å². The molecule has 4 aromatic carbocycles. The van der Waals surface area contributed by atoms with Crippen LogP contribution in [0.15, 0.2) is 126 Å². The van der Waals surface area contributed by atoms with E-state index in [0.29, 0.717) is 42.1 Å². The highest BCUT2D eigenvalue weighted by Gasteiger charge is 2.37. The minimum Gasteiger partial charge on any atom is -0.417 e. The van der Waals surface area contributed by atoms with Crippen LogP contribution in [0.3, 0.4) is 0 Å². The Balaban J connectivity index is 1.75. The van der Waals surface area contributed by atoms with Gasteiger partial charge in [0, 0.05) is 46.3 Å². The molecule has 0 aromatic heterocycles. The van der Waals surface area contributed by atoms with Gasteiger partial charge in [-0.05, 0) is 74.8 Å². The predicted octanol–water partition coefficient (Wildman–Crippen LogP) is 8.61. The van der Waals surface area contributed by atoms with Crippen LogP contribution < -0.4 is 9.66 Å². The standard InChI is InChI=1S/C39H49Br2N5O5S2Si/c1-29-17-21-31(22-18-29)52(47,48)44-42-37(33-13-8-10-15-35(33)40)27-46(25-12-26-51-54(6,7)39(3,4)5)28-38(34-14-9-11-16-36(34)41)43-45-53(49,50)32-23-19-30(2)20-24-32/h8-11,13-24,44-45H,12,25-28H2,1-7H3/b42-37-,43-38-. The van der Waals surface area contributed by atoms with Crippen molar-refractivity contribution in [3.63, 3.8) is 0 Å². The van der Waals surface area contributed by atoms with Crippen LogP contribution in [0.4, 0.5) is 0 Å². The van der Waals surface area contributed by atoms with Gasteiger partial charge in [-0.2, -0.15) is 36.7 Å². The molecule has 0 aliphatic rings. The van der Waals surface area contributed by atoms with Gasteiger partial charge in [-0.3, -0.25) is 4.90 Å². The molecule has 0 saturated heterocycles. The zero-order valence-electron chi connectivity index (χ0n) is 31.7. The third-order valence-electron chi connectivity index (χ3n) is 9.27. The molecule has 0 aliphatic heterocycles. The number of hydrogen-bond donors (Lipinski definition) is 2. The lowest BCUT2D eigenvalue weighted by molar-refractivity contribution is 0.251. The van der Waals surface area contributed by atoms with E-state index in [9.17, 15) is 16.8 Å². The molecule has 290 valence electrons. The summed E-state index contributed by atoms with van der Waals surface area (Å²) in [5.41, 5.74) is 4.12. The summed E-state index contributed by atoms with van der Waals surface area (Å²) < 4.78 is 61.6. The Labute approximate surface area is 339 Å². The maximum atomic E-state index is 13.4. The average Bonchev–Trinajstić information content (AvgIpc) is 3.10. The normalized spacial score (nSPS) is 13.3. The zero-order chi connectivity index (χ0) is 39.7. The van der Waals surface area contributed by atoms with Gasteiger partial charge in [-0.25, -0.2) is 0 Å². The van der Waals surface area contributed by atoms with E-state index in [4.69, 9.17) is 4.43 Å². The van der Waals surface area contributed by atoms with Crippen LogP contribution in [0.2, 0.25) is 18.1 Å². The summed E-state index contributed by atoms with van der Waals surface area (Å²) in [6.07, 6.45) is 0.642. The summed E-state index contributed by atoms with van der Waals surface area (Å²) in [5, 5.41) is 9.07. The molecule has 4 aromatic rings. The van der Waals surface area contributed by atoms with Crippen LogP contribution in [0.25, 0.3) is 0 Å². The van der Waals surface area contributed by atoms with Crippen LogP contribution in [0.1, 0.15) is 49.4 Å². The van der Waals surface area contributed by atoms with E-state index in [1.54, 1.807) is 24.3 Å². The van der Waals surface area contributed by atoms with Crippen molar-refractivity contribution in [2.45, 2.75) is 69.0 Å². The number of aryl methyl sites for hydroxylation is 2. The number of rotatable bonds is 17. The van der Waals surface area contributed by atoms with Gasteiger partial charge in [0.1, 0.15) is 0 Å². The van der Waals surface area contributed by atoms with E-state index >= 15 is 0 Å². The first-order chi connectivity index (χ1) is 25.3. The molecule has 0 aliphatic carbocycles. The summed E-state index contributed by atoms with van der Waals surface area (Å²) in [4.78, 5) is 7.15. The first-order valence-electron chi connectivity index (χ1n) is 17.5. The lowest BCUT2D eigenvalue weighted by atomic mass is 10.1. The van der Waals surface area contributed by atoms with Crippen molar-refractivity contribution < 1.29 is 21.3 Å². The fourth-order valence-corrected chi connectivity index (χ4v) is 8.77. The van der Waals surface area contributed by atoms with Crippen molar-refractivity contribution >= 4 is 71.6 Å². The lowest BCUT2D eigenvalue weighted by Gasteiger charge is -2.36. The molecule has 2 N–H and O–H groups in total. The SMILES string of the molecule is Cc1ccc(S(=O)(=O)N/N=C(/CN(CCCO[Si](C)(C)C(C)(C)C)C/C(=N/NS(=O)(=O)c2ccc(C)cc2)c2ccccc2Br)c2ccccc2Br)cc1. The molecule has 0 heterocycles. The molecule has 0 unspecified atom stereocenters. The third kappa shape index (κ3) is 12.2. The van der Waals surface area contributed by atoms with E-state index in [-0.39, 0.29) is 27.9 Å². The fourth-order valence-electron chi connectivity index (χ4n) is 4.99. The van der Waals surface area contributed by atoms with Crippen molar-refractivity contribution in [3.8, 4) is 0 Å². The van der Waals surface area contributed by atoms with Crippen LogP contribution in [-0.4, -0.2) is 67.7 Å². The van der Waals surface area contributed by atoms with Gasteiger partial charge >= 0.3 is 0 Å². The second-order valence-corrected chi connectivity index (χ2v) is 24.4. The molecule has 0 atom stereocenters. The highest BCUT2D eigenvalue weighted by atomic mass is 79.9. The molecular formula is C39H49Br2N5O5S2Si. The van der Waals surface area contributed by atoms with E-state index in [2.05, 4.69) is 90.5 Å². The molecular weight excluding hydrogens is 870 g/mol. The maximum Gasteiger partial charge on any atom is 0.276 e. The number of hydrogen-bond acceptors (Lipinski definition) is 8. The minimum absolute atomic E-state index is 0.0364. The van der Waals surface area contributed by atoms with Crippen molar-refractivity contribution in [2.24, 2.45) is 10.2 Å². The number of nitrogens with one attached hydrogen (secondary N) is 2. The predicted molar refractivity (Wildman–Crippen MR) is 229 cm³/mol. The average molecular weight is 920 g/mol. The highest BCUT2D eigenvalue weighted by molar-refractivity contribution is 9.10. The van der Waals surface area contributed by atoms with Crippen LogP contribution in [0.5, 0.6) is 0 Å². The molecule has 0 bridgehead atoms. The first kappa shape index (κ1) is 43.5. The first-order valence-corrected chi connectivity index (χ1v) is 24.9. The number of halogens is 2. The summed E-state index contributed by atoms with van der Waals surface area (Å²) >= 11 is 7.27. The van der Waals surface area contributed by atoms with Crippen molar-refractivity contribution in [2.75, 3.05) is 26.2 Å². The van der Waals surface area contributed by atoms with E-state index in [1.165, 1.54) is 24.3 Å². The van der Waals surface area contributed by atoms with Gasteiger partial charge < -0.3 is 4.43 Å². The number of benzene rings is 4. The number of nitrogens with zero attached hydrogens (tertiary/aromatic N) is 3. The molecule has 0 radical (unpaired) electrons. The molecule has 4 rings (SSSR count). The smallest absolute Gasteiger partial charge is 0.276 e. The van der Waals surface area contributed by atoms with Gasteiger partial charge in [-0.1, -0.05) is 124 Å². The summed E-state index contributed by atoms with van der Waals surface area (Å²) in [6, 6.07) is 28.0. The van der Waals surface area contributed by atoms with Crippen molar-refractivity contribution in [3.05, 3.63) is 128 Å². The molecule has 0 fully saturated rings. The maximum absolute atomic E-state index is 13.4. The van der Waals surface area contributed by atoms with Gasteiger partial charge in [0.2, 0.25) is 0 Å². The minimum atomic E-state index is -4.00. The molecule has 54 heavy (non-hydrogen) atoms. The lowest BCUT2D eigenvalue weighted by Crippen LogP contribution is -2.42. The number of sulfonamides is 2. The monoisotopic (exact) mass is 917 g/mol. The van der Waals surface area contributed by atoms with E-state index in [1.807, 2.05) is 62.4 Å². The highest BCUT2D eigenvalue weighted by Crippen LogP contribution is 2.36. The topological polar surface area (TPSA) is 130 Å². The second-order valence-electron chi connectivity index (χ2n) is 14.6. The Morgan fingerprint density at radius 2 is 1.07 bits per heavy atom. The van der Waals surface area contributed by atoms with Crippen LogP contribution in [0, 0.1) is 13.8 Å². The summed E-state index contributed by atoms with van der Waals surface area (Å²) in [6.45, 7) is 16.1. The molecule has 15 heteroatoms. The van der Waals surface area contributed by atoms with Gasteiger partial charge in [-0.15, -0.1) is 0 Å². The van der Waals surface area contributed by atoms with E-state index < -0.39 is 28.4 Å². The Morgan fingerprint density at radius 1 is 0.685 bits per heavy atom. The fraction of sp³-hybridized carbons (Fsp3) is 0.333. The Morgan fingerprint density at radius 3 is 1.44 bits per heavy atom. The van der Waals surface area contributed by atoms with Gasteiger partial charge in [0.15, 0.2) is 8.32 Å². The van der Waals surface area contributed by atoms with E-state index in [0.717, 1.165) is 20.1 Å². The molecule has 0 spiro atoms. The zero-order valence-corrected chi connectivity index (χ0v) is 37.5.